The van der Waals surface area contributed by atoms with Crippen molar-refractivity contribution in [1.29, 1.82) is 0 Å². The number of rotatable bonds is 6. The maximum atomic E-state index is 4.77. The summed E-state index contributed by atoms with van der Waals surface area (Å²) in [5.74, 6) is 2.04. The van der Waals surface area contributed by atoms with E-state index >= 15 is 0 Å². The summed E-state index contributed by atoms with van der Waals surface area (Å²) in [5, 5.41) is 5.54. The molecule has 0 bridgehead atoms. The second-order valence-corrected chi connectivity index (χ2v) is 5.55. The average molecular weight is 289 g/mol. The van der Waals surface area contributed by atoms with Gasteiger partial charge in [0.2, 0.25) is 0 Å². The highest BCUT2D eigenvalue weighted by molar-refractivity contribution is 7.15. The molecular weight excluding hydrogens is 270 g/mol. The lowest BCUT2D eigenvalue weighted by atomic mass is 10.3. The fourth-order valence-corrected chi connectivity index (χ4v) is 3.08. The van der Waals surface area contributed by atoms with Crippen molar-refractivity contribution in [1.82, 2.24) is 24.3 Å². The van der Waals surface area contributed by atoms with Crippen molar-refractivity contribution in [3.05, 3.63) is 35.5 Å². The van der Waals surface area contributed by atoms with Crippen LogP contribution < -0.4 is 5.32 Å². The number of nitrogens with zero attached hydrogens (tertiary/aromatic N) is 4. The molecule has 3 aromatic rings. The summed E-state index contributed by atoms with van der Waals surface area (Å²) in [5.41, 5.74) is 1.20. The lowest BCUT2D eigenvalue weighted by Crippen LogP contribution is -2.17. The Labute approximate surface area is 122 Å². The highest BCUT2D eigenvalue weighted by Crippen LogP contribution is 2.21. The van der Waals surface area contributed by atoms with E-state index in [0.717, 1.165) is 42.5 Å². The molecule has 3 heterocycles. The summed E-state index contributed by atoms with van der Waals surface area (Å²) >= 11 is 1.66. The van der Waals surface area contributed by atoms with Crippen molar-refractivity contribution in [2.45, 2.75) is 33.2 Å². The van der Waals surface area contributed by atoms with E-state index in [1.165, 1.54) is 5.69 Å². The van der Waals surface area contributed by atoms with Gasteiger partial charge in [0.25, 0.3) is 0 Å². The van der Waals surface area contributed by atoms with Gasteiger partial charge in [-0.2, -0.15) is 0 Å². The Kier molecular flexibility index (Phi) is 3.84. The van der Waals surface area contributed by atoms with Crippen molar-refractivity contribution < 1.29 is 0 Å². The summed E-state index contributed by atoms with van der Waals surface area (Å²) in [6.07, 6.45) is 7.96. The minimum Gasteiger partial charge on any atom is -0.311 e. The first-order valence-corrected chi connectivity index (χ1v) is 7.90. The zero-order valence-electron chi connectivity index (χ0n) is 11.8. The molecule has 3 aromatic heterocycles. The predicted octanol–water partition coefficient (Wildman–Crippen LogP) is 2.64. The Morgan fingerprint density at radius 2 is 2.20 bits per heavy atom. The van der Waals surface area contributed by atoms with Gasteiger partial charge in [-0.15, -0.1) is 11.3 Å². The maximum absolute atomic E-state index is 4.77. The lowest BCUT2D eigenvalue weighted by Gasteiger charge is -2.08. The highest BCUT2D eigenvalue weighted by atomic mass is 32.1. The van der Waals surface area contributed by atoms with Gasteiger partial charge >= 0.3 is 0 Å². The van der Waals surface area contributed by atoms with Crippen LogP contribution in [0.5, 0.6) is 0 Å². The quantitative estimate of drug-likeness (QED) is 0.710. The van der Waals surface area contributed by atoms with Crippen LogP contribution in [0.2, 0.25) is 0 Å². The molecule has 0 radical (unpaired) electrons. The van der Waals surface area contributed by atoms with E-state index in [-0.39, 0.29) is 0 Å². The Balaban J connectivity index is 2.05. The van der Waals surface area contributed by atoms with E-state index in [1.807, 2.05) is 12.4 Å². The molecule has 3 rings (SSSR count). The first-order chi connectivity index (χ1) is 9.85. The fourth-order valence-electron chi connectivity index (χ4n) is 2.35. The number of aryl methyl sites for hydroxylation is 1. The van der Waals surface area contributed by atoms with Gasteiger partial charge in [-0.05, 0) is 13.0 Å². The molecule has 0 unspecified atom stereocenters. The largest absolute Gasteiger partial charge is 0.311 e. The van der Waals surface area contributed by atoms with Gasteiger partial charge in [-0.3, -0.25) is 8.97 Å². The molecule has 0 aliphatic carbocycles. The number of aromatic nitrogens is 4. The van der Waals surface area contributed by atoms with Gasteiger partial charge in [0.1, 0.15) is 5.82 Å². The molecule has 0 aromatic carbocycles. The van der Waals surface area contributed by atoms with Crippen LogP contribution in [0.1, 0.15) is 31.8 Å². The first-order valence-electron chi connectivity index (χ1n) is 7.02. The molecule has 0 spiro atoms. The van der Waals surface area contributed by atoms with Crippen LogP contribution in [0.25, 0.3) is 10.8 Å². The topological polar surface area (TPSA) is 47.2 Å². The number of imidazole rings is 2. The lowest BCUT2D eigenvalue weighted by molar-refractivity contribution is 0.657. The summed E-state index contributed by atoms with van der Waals surface area (Å²) in [7, 11) is 0. The molecule has 0 fully saturated rings. The van der Waals surface area contributed by atoms with E-state index in [0.29, 0.717) is 0 Å². The van der Waals surface area contributed by atoms with Crippen LogP contribution in [0.3, 0.4) is 0 Å². The van der Waals surface area contributed by atoms with Crippen molar-refractivity contribution in [2.24, 2.45) is 0 Å². The Morgan fingerprint density at radius 3 is 3.00 bits per heavy atom. The van der Waals surface area contributed by atoms with Gasteiger partial charge in [-0.1, -0.05) is 13.8 Å². The van der Waals surface area contributed by atoms with Crippen LogP contribution in [-0.2, 0) is 13.0 Å². The summed E-state index contributed by atoms with van der Waals surface area (Å²) < 4.78 is 4.27. The third kappa shape index (κ3) is 2.25. The van der Waals surface area contributed by atoms with E-state index in [9.17, 15) is 0 Å². The average Bonchev–Trinajstić information content (AvgIpc) is 3.13. The van der Waals surface area contributed by atoms with E-state index < -0.39 is 0 Å². The van der Waals surface area contributed by atoms with Crippen LogP contribution >= 0.6 is 11.3 Å². The molecule has 0 atom stereocenters. The number of hydrogen-bond acceptors (Lipinski definition) is 4. The van der Waals surface area contributed by atoms with E-state index in [1.54, 1.807) is 11.3 Å². The standard InChI is InChI=1S/C14H19N5S/c1-3-5-15-10-11-13(17-14-18(11)8-9-20-14)19-7-6-16-12(19)4-2/h6-9,15H,3-5,10H2,1-2H3. The van der Waals surface area contributed by atoms with Crippen molar-refractivity contribution >= 4 is 16.3 Å². The molecule has 1 N–H and O–H groups in total. The molecule has 0 saturated carbocycles. The molecule has 0 aliphatic heterocycles. The molecule has 6 heteroatoms. The molecule has 0 saturated heterocycles. The van der Waals surface area contributed by atoms with E-state index in [4.69, 9.17) is 4.98 Å². The van der Waals surface area contributed by atoms with Crippen LogP contribution in [0.4, 0.5) is 0 Å². The summed E-state index contributed by atoms with van der Waals surface area (Å²) in [4.78, 5) is 10.2. The molecule has 0 aliphatic rings. The Hall–Kier alpha value is -1.66. The van der Waals surface area contributed by atoms with Crippen molar-refractivity contribution in [2.75, 3.05) is 6.54 Å². The Bertz CT molecular complexity index is 693. The maximum Gasteiger partial charge on any atom is 0.195 e. The van der Waals surface area contributed by atoms with Gasteiger partial charge in [0.05, 0.1) is 5.69 Å². The number of fused-ring (bicyclic) bond motifs is 1. The number of hydrogen-bond donors (Lipinski definition) is 1. The normalized spacial score (nSPS) is 11.5. The fraction of sp³-hybridized carbons (Fsp3) is 0.429. The third-order valence-corrected chi connectivity index (χ3v) is 4.08. The predicted molar refractivity (Wildman–Crippen MR) is 81.6 cm³/mol. The van der Waals surface area contributed by atoms with Crippen LogP contribution in [-0.4, -0.2) is 25.5 Å². The van der Waals surface area contributed by atoms with E-state index in [2.05, 4.69) is 44.7 Å². The van der Waals surface area contributed by atoms with Gasteiger partial charge in [-0.25, -0.2) is 9.97 Å². The summed E-state index contributed by atoms with van der Waals surface area (Å²) in [6, 6.07) is 0. The highest BCUT2D eigenvalue weighted by Gasteiger charge is 2.16. The molecule has 20 heavy (non-hydrogen) atoms. The van der Waals surface area contributed by atoms with Gasteiger partial charge in [0, 0.05) is 36.9 Å². The van der Waals surface area contributed by atoms with Crippen molar-refractivity contribution in [3.8, 4) is 5.82 Å². The number of nitrogens with one attached hydrogen (secondary N) is 1. The minimum absolute atomic E-state index is 0.822. The SMILES string of the molecule is CCCNCc1c(-n2ccnc2CC)nc2sccn12. The first kappa shape index (κ1) is 13.3. The second kappa shape index (κ2) is 5.76. The zero-order valence-corrected chi connectivity index (χ0v) is 12.7. The van der Waals surface area contributed by atoms with Gasteiger partial charge in [0.15, 0.2) is 10.8 Å². The Morgan fingerprint density at radius 1 is 1.30 bits per heavy atom. The number of thiazole rings is 1. The smallest absolute Gasteiger partial charge is 0.195 e. The summed E-state index contributed by atoms with van der Waals surface area (Å²) in [6.45, 7) is 6.13. The molecule has 0 amide bonds. The molecule has 106 valence electrons. The van der Waals surface area contributed by atoms with Crippen LogP contribution in [0, 0.1) is 0 Å². The van der Waals surface area contributed by atoms with Gasteiger partial charge < -0.3 is 5.32 Å². The molecule has 5 nitrogen and oxygen atoms in total. The monoisotopic (exact) mass is 289 g/mol. The second-order valence-electron chi connectivity index (χ2n) is 4.68. The van der Waals surface area contributed by atoms with Crippen molar-refractivity contribution in [3.63, 3.8) is 0 Å². The minimum atomic E-state index is 0.822. The zero-order chi connectivity index (χ0) is 13.9. The third-order valence-electron chi connectivity index (χ3n) is 3.32. The van der Waals surface area contributed by atoms with Crippen LogP contribution in [0.15, 0.2) is 24.0 Å². The molecular formula is C14H19N5S.